The van der Waals surface area contributed by atoms with Crippen molar-refractivity contribution in [3.63, 3.8) is 0 Å². The molecule has 0 spiro atoms. The van der Waals surface area contributed by atoms with Crippen LogP contribution in [0.5, 0.6) is 5.75 Å². The highest BCUT2D eigenvalue weighted by Crippen LogP contribution is 2.47. The van der Waals surface area contributed by atoms with E-state index in [9.17, 15) is 19.1 Å². The predicted octanol–water partition coefficient (Wildman–Crippen LogP) is 1.55. The van der Waals surface area contributed by atoms with Crippen molar-refractivity contribution < 1.29 is 33.3 Å². The summed E-state index contributed by atoms with van der Waals surface area (Å²) in [6.07, 6.45) is 1.77. The number of carbonyl (C=O) groups is 2. The van der Waals surface area contributed by atoms with Gasteiger partial charge in [0.25, 0.3) is 5.91 Å². The summed E-state index contributed by atoms with van der Waals surface area (Å²) in [5.41, 5.74) is -1.28. The average Bonchev–Trinajstić information content (AvgIpc) is 3.34. The fourth-order valence-electron chi connectivity index (χ4n) is 6.48. The Morgan fingerprint density at radius 2 is 1.95 bits per heavy atom. The molecular formula is C26H35ClFN3O6. The van der Waals surface area contributed by atoms with Gasteiger partial charge in [0, 0.05) is 36.0 Å². The Bertz CT molecular complexity index is 1020. The zero-order valence-electron chi connectivity index (χ0n) is 20.9. The van der Waals surface area contributed by atoms with Gasteiger partial charge in [0.15, 0.2) is 6.61 Å². The highest BCUT2D eigenvalue weighted by atomic mass is 35.5. The van der Waals surface area contributed by atoms with Gasteiger partial charge in [-0.05, 0) is 51.2 Å². The summed E-state index contributed by atoms with van der Waals surface area (Å²) in [6, 6.07) is 4.13. The monoisotopic (exact) mass is 539 g/mol. The zero-order chi connectivity index (χ0) is 26.2. The third kappa shape index (κ3) is 5.59. The maximum atomic E-state index is 13.6. The van der Waals surface area contributed by atoms with Crippen molar-refractivity contribution in [2.45, 2.75) is 68.4 Å². The van der Waals surface area contributed by atoms with Crippen LogP contribution in [-0.2, 0) is 19.1 Å². The molecule has 2 bridgehead atoms. The van der Waals surface area contributed by atoms with E-state index >= 15 is 0 Å². The van der Waals surface area contributed by atoms with E-state index in [0.29, 0.717) is 44.6 Å². The summed E-state index contributed by atoms with van der Waals surface area (Å²) in [4.78, 5) is 25.5. The summed E-state index contributed by atoms with van der Waals surface area (Å²) in [5, 5.41) is 20.5. The summed E-state index contributed by atoms with van der Waals surface area (Å²) in [6.45, 7) is 3.99. The fraction of sp³-hybridized carbons (Fsp3) is 0.692. The fourth-order valence-corrected chi connectivity index (χ4v) is 6.59. The second-order valence-corrected chi connectivity index (χ2v) is 11.5. The Morgan fingerprint density at radius 3 is 2.68 bits per heavy atom. The first kappa shape index (κ1) is 26.6. The van der Waals surface area contributed by atoms with E-state index in [0.717, 1.165) is 19.2 Å². The molecule has 0 aromatic heterocycles. The number of piperidine rings is 1. The van der Waals surface area contributed by atoms with E-state index in [1.54, 1.807) is 0 Å². The van der Waals surface area contributed by atoms with Crippen LogP contribution in [0.25, 0.3) is 0 Å². The Labute approximate surface area is 220 Å². The van der Waals surface area contributed by atoms with Gasteiger partial charge >= 0.3 is 0 Å². The normalized spacial score (nSPS) is 36.6. The van der Waals surface area contributed by atoms with Crippen molar-refractivity contribution in [3.05, 3.63) is 29.0 Å². The molecule has 4 unspecified atom stereocenters. The molecule has 2 saturated heterocycles. The Morgan fingerprint density at radius 1 is 1.19 bits per heavy atom. The number of fused-ring (bicyclic) bond motifs is 4. The average molecular weight is 540 g/mol. The molecule has 1 aromatic rings. The van der Waals surface area contributed by atoms with Crippen LogP contribution in [0, 0.1) is 17.7 Å². The molecule has 2 aliphatic heterocycles. The van der Waals surface area contributed by atoms with Gasteiger partial charge in [-0.1, -0.05) is 11.6 Å². The van der Waals surface area contributed by atoms with Crippen LogP contribution >= 0.6 is 11.6 Å². The third-order valence-electron chi connectivity index (χ3n) is 8.65. The zero-order valence-corrected chi connectivity index (χ0v) is 21.7. The van der Waals surface area contributed by atoms with Crippen LogP contribution in [0.3, 0.4) is 0 Å². The lowest BCUT2D eigenvalue weighted by Gasteiger charge is -2.56. The third-order valence-corrected chi connectivity index (χ3v) is 8.95. The molecule has 3 aliphatic carbocycles. The maximum absolute atomic E-state index is 13.6. The molecule has 4 N–H and O–H groups in total. The van der Waals surface area contributed by atoms with Crippen LogP contribution in [0.2, 0.25) is 5.02 Å². The quantitative estimate of drug-likeness (QED) is 0.396. The SMILES string of the molecule is CC1NCC2COCC2C1OCC(=O)NC12CCC(NC(=O)COc3ccc(Cl)c(F)c3)(CC1)C[C@@H]2O. The van der Waals surface area contributed by atoms with Gasteiger partial charge < -0.3 is 35.3 Å². The summed E-state index contributed by atoms with van der Waals surface area (Å²) in [5.74, 6) is -0.314. The molecule has 5 aliphatic rings. The van der Waals surface area contributed by atoms with Crippen LogP contribution in [0.1, 0.15) is 39.0 Å². The molecule has 204 valence electrons. The van der Waals surface area contributed by atoms with Crippen LogP contribution < -0.4 is 20.7 Å². The van der Waals surface area contributed by atoms with Crippen LogP contribution in [-0.4, -0.2) is 79.2 Å². The first-order valence-corrected chi connectivity index (χ1v) is 13.4. The number of aliphatic hydroxyl groups is 1. The minimum Gasteiger partial charge on any atom is -0.484 e. The molecule has 2 amide bonds. The number of nitrogens with one attached hydrogen (secondary N) is 3. The second kappa shape index (κ2) is 10.6. The second-order valence-electron chi connectivity index (χ2n) is 11.1. The largest absolute Gasteiger partial charge is 0.484 e. The number of aliphatic hydroxyl groups excluding tert-OH is 1. The van der Waals surface area contributed by atoms with E-state index in [1.165, 1.54) is 12.1 Å². The molecule has 6 rings (SSSR count). The Hall–Kier alpha value is -1.98. The molecule has 3 saturated carbocycles. The molecule has 2 heterocycles. The molecule has 5 fully saturated rings. The van der Waals surface area contributed by atoms with E-state index in [4.69, 9.17) is 25.8 Å². The van der Waals surface area contributed by atoms with E-state index in [-0.39, 0.29) is 53.9 Å². The number of hydrogen-bond acceptors (Lipinski definition) is 7. The molecular weight excluding hydrogens is 505 g/mol. The lowest BCUT2D eigenvalue weighted by atomic mass is 9.60. The van der Waals surface area contributed by atoms with Gasteiger partial charge in [-0.15, -0.1) is 0 Å². The smallest absolute Gasteiger partial charge is 0.258 e. The lowest BCUT2D eigenvalue weighted by Crippen LogP contribution is -2.70. The van der Waals surface area contributed by atoms with Crippen LogP contribution in [0.15, 0.2) is 18.2 Å². The van der Waals surface area contributed by atoms with Gasteiger partial charge in [0.05, 0.1) is 36.0 Å². The Kier molecular flexibility index (Phi) is 7.66. The van der Waals surface area contributed by atoms with E-state index in [2.05, 4.69) is 22.9 Å². The highest BCUT2D eigenvalue weighted by molar-refractivity contribution is 6.30. The maximum Gasteiger partial charge on any atom is 0.258 e. The van der Waals surface area contributed by atoms with Crippen LogP contribution in [0.4, 0.5) is 4.39 Å². The van der Waals surface area contributed by atoms with Gasteiger partial charge in [-0.25, -0.2) is 4.39 Å². The van der Waals surface area contributed by atoms with Gasteiger partial charge in [-0.3, -0.25) is 9.59 Å². The highest BCUT2D eigenvalue weighted by Gasteiger charge is 2.55. The van der Waals surface area contributed by atoms with Gasteiger partial charge in [0.2, 0.25) is 5.91 Å². The van der Waals surface area contributed by atoms with E-state index in [1.807, 2.05) is 0 Å². The molecule has 37 heavy (non-hydrogen) atoms. The predicted molar refractivity (Wildman–Crippen MR) is 133 cm³/mol. The molecule has 5 atom stereocenters. The van der Waals surface area contributed by atoms with Crippen molar-refractivity contribution in [1.29, 1.82) is 0 Å². The van der Waals surface area contributed by atoms with Crippen molar-refractivity contribution in [2.24, 2.45) is 11.8 Å². The number of benzene rings is 1. The number of carbonyl (C=O) groups excluding carboxylic acids is 2. The minimum absolute atomic E-state index is 0.0196. The number of hydrogen-bond donors (Lipinski definition) is 4. The van der Waals surface area contributed by atoms with Gasteiger partial charge in [-0.2, -0.15) is 0 Å². The standard InChI is InChI=1S/C26H35ClFN3O6/c1-15-24(18-12-35-11-16(18)10-29-15)37-14-23(34)31-26-6-4-25(5-7-26,9-21(26)32)30-22(33)13-36-17-2-3-19(27)20(28)8-17/h2-3,8,15-16,18,21,24,29,32H,4-7,9-14H2,1H3,(H,30,33)(H,31,34)/t15?,16?,18?,21-,24?,25?,26?/m0/s1. The Balaban J connectivity index is 1.10. The topological polar surface area (TPSA) is 118 Å². The van der Waals surface area contributed by atoms with Crippen molar-refractivity contribution in [3.8, 4) is 5.75 Å². The number of halogens is 2. The minimum atomic E-state index is -0.798. The summed E-state index contributed by atoms with van der Waals surface area (Å²) >= 11 is 5.67. The summed E-state index contributed by atoms with van der Waals surface area (Å²) in [7, 11) is 0. The molecule has 11 heteroatoms. The van der Waals surface area contributed by atoms with E-state index < -0.39 is 23.0 Å². The molecule has 0 radical (unpaired) electrons. The number of amides is 2. The molecule has 9 nitrogen and oxygen atoms in total. The summed E-state index contributed by atoms with van der Waals surface area (Å²) < 4.78 is 30.7. The van der Waals surface area contributed by atoms with Crippen molar-refractivity contribution >= 4 is 23.4 Å². The van der Waals surface area contributed by atoms with Crippen molar-refractivity contribution in [2.75, 3.05) is 33.0 Å². The van der Waals surface area contributed by atoms with Crippen molar-refractivity contribution in [1.82, 2.24) is 16.0 Å². The number of rotatable bonds is 8. The number of ether oxygens (including phenoxy) is 3. The lowest BCUT2D eigenvalue weighted by molar-refractivity contribution is -0.142. The molecule has 1 aromatic carbocycles. The van der Waals surface area contributed by atoms with Gasteiger partial charge in [0.1, 0.15) is 18.2 Å². The first-order valence-electron chi connectivity index (χ1n) is 13.0. The first-order chi connectivity index (χ1) is 17.7.